The summed E-state index contributed by atoms with van der Waals surface area (Å²) in [5, 5.41) is 3.22. The summed E-state index contributed by atoms with van der Waals surface area (Å²) in [5.41, 5.74) is 0.848. The Labute approximate surface area is 90.6 Å². The van der Waals surface area contributed by atoms with Gasteiger partial charge in [-0.1, -0.05) is 0 Å². The Morgan fingerprint density at radius 2 is 1.93 bits per heavy atom. The molecule has 0 aromatic carbocycles. The third-order valence-corrected chi connectivity index (χ3v) is 2.57. The smallest absolute Gasteiger partial charge is 0.213 e. The molecule has 0 unspecified atom stereocenters. The molecule has 0 amide bonds. The zero-order valence-electron chi connectivity index (χ0n) is 9.92. The van der Waals surface area contributed by atoms with Gasteiger partial charge < -0.3 is 14.8 Å². The van der Waals surface area contributed by atoms with Crippen molar-refractivity contribution < 1.29 is 9.47 Å². The van der Waals surface area contributed by atoms with Crippen LogP contribution < -0.4 is 14.8 Å². The lowest BCUT2D eigenvalue weighted by molar-refractivity contribution is 0.360. The Bertz CT molecular complexity index is 337. The van der Waals surface area contributed by atoms with E-state index in [0.29, 0.717) is 5.88 Å². The number of methoxy groups -OCH3 is 2. The maximum Gasteiger partial charge on any atom is 0.213 e. The van der Waals surface area contributed by atoms with E-state index in [9.17, 15) is 0 Å². The number of nitrogens with zero attached hydrogens (tertiary/aromatic N) is 1. The van der Waals surface area contributed by atoms with Gasteiger partial charge in [0.15, 0.2) is 0 Å². The zero-order valence-corrected chi connectivity index (χ0v) is 9.92. The molecule has 0 aliphatic rings. The Kier molecular flexibility index (Phi) is 3.52. The Hall–Kier alpha value is -1.29. The Morgan fingerprint density at radius 1 is 1.27 bits per heavy atom. The minimum Gasteiger partial charge on any atom is -0.495 e. The molecule has 4 nitrogen and oxygen atoms in total. The minimum atomic E-state index is -0.179. The average molecular weight is 210 g/mol. The van der Waals surface area contributed by atoms with E-state index >= 15 is 0 Å². The second kappa shape index (κ2) is 4.49. The largest absolute Gasteiger partial charge is 0.495 e. The molecular weight excluding hydrogens is 192 g/mol. The van der Waals surface area contributed by atoms with Gasteiger partial charge in [-0.05, 0) is 20.9 Å². The molecule has 0 aliphatic heterocycles. The monoisotopic (exact) mass is 210 g/mol. The molecular formula is C11H18N2O2. The normalized spacial score (nSPS) is 11.3. The third kappa shape index (κ3) is 2.39. The van der Waals surface area contributed by atoms with Crippen LogP contribution in [0, 0.1) is 0 Å². The van der Waals surface area contributed by atoms with Crippen molar-refractivity contribution in [2.75, 3.05) is 21.3 Å². The summed E-state index contributed by atoms with van der Waals surface area (Å²) in [6.45, 7) is 4.15. The summed E-state index contributed by atoms with van der Waals surface area (Å²) >= 11 is 0. The molecule has 1 N–H and O–H groups in total. The van der Waals surface area contributed by atoms with Gasteiger partial charge in [-0.15, -0.1) is 0 Å². The van der Waals surface area contributed by atoms with Crippen molar-refractivity contribution in [1.82, 2.24) is 10.3 Å². The molecule has 84 valence electrons. The fourth-order valence-electron chi connectivity index (χ4n) is 1.32. The van der Waals surface area contributed by atoms with E-state index in [2.05, 4.69) is 24.1 Å². The average Bonchev–Trinajstić information content (AvgIpc) is 2.28. The SMILES string of the molecule is CNC(C)(C)c1cc(OC)ncc1OC. The van der Waals surface area contributed by atoms with E-state index in [0.717, 1.165) is 11.3 Å². The molecule has 1 heterocycles. The Balaban J connectivity index is 3.23. The van der Waals surface area contributed by atoms with Crippen molar-refractivity contribution in [3.63, 3.8) is 0 Å². The second-order valence-corrected chi connectivity index (χ2v) is 3.80. The fraction of sp³-hybridized carbons (Fsp3) is 0.545. The van der Waals surface area contributed by atoms with Gasteiger partial charge in [-0.3, -0.25) is 0 Å². The number of hydrogen-bond acceptors (Lipinski definition) is 4. The van der Waals surface area contributed by atoms with Gasteiger partial charge in [0, 0.05) is 17.2 Å². The van der Waals surface area contributed by atoms with E-state index < -0.39 is 0 Å². The molecule has 15 heavy (non-hydrogen) atoms. The molecule has 4 heteroatoms. The quantitative estimate of drug-likeness (QED) is 0.819. The molecule has 1 aromatic rings. The molecule has 0 atom stereocenters. The number of ether oxygens (including phenoxy) is 2. The van der Waals surface area contributed by atoms with Crippen LogP contribution in [0.15, 0.2) is 12.3 Å². The van der Waals surface area contributed by atoms with E-state index in [1.807, 2.05) is 13.1 Å². The fourth-order valence-corrected chi connectivity index (χ4v) is 1.32. The summed E-state index contributed by atoms with van der Waals surface area (Å²) in [4.78, 5) is 4.10. The van der Waals surface area contributed by atoms with Crippen LogP contribution in [0.5, 0.6) is 11.6 Å². The van der Waals surface area contributed by atoms with Gasteiger partial charge in [0.05, 0.1) is 20.4 Å². The first kappa shape index (κ1) is 11.8. The van der Waals surface area contributed by atoms with Crippen LogP contribution in [-0.4, -0.2) is 26.3 Å². The van der Waals surface area contributed by atoms with Crippen LogP contribution in [0.25, 0.3) is 0 Å². The molecule has 0 spiro atoms. The summed E-state index contributed by atoms with van der Waals surface area (Å²) in [5.74, 6) is 1.35. The molecule has 0 saturated carbocycles. The number of hydrogen-bond donors (Lipinski definition) is 1. The van der Waals surface area contributed by atoms with Crippen LogP contribution in [0.2, 0.25) is 0 Å². The predicted octanol–water partition coefficient (Wildman–Crippen LogP) is 1.55. The maximum atomic E-state index is 5.27. The highest BCUT2D eigenvalue weighted by atomic mass is 16.5. The summed E-state index contributed by atoms with van der Waals surface area (Å²) in [6.07, 6.45) is 1.67. The maximum absolute atomic E-state index is 5.27. The highest BCUT2D eigenvalue weighted by Gasteiger charge is 2.23. The summed E-state index contributed by atoms with van der Waals surface area (Å²) < 4.78 is 10.4. The minimum absolute atomic E-state index is 0.179. The van der Waals surface area contributed by atoms with Gasteiger partial charge in [-0.2, -0.15) is 0 Å². The molecule has 0 radical (unpaired) electrons. The molecule has 0 fully saturated rings. The first-order chi connectivity index (χ1) is 7.05. The number of rotatable bonds is 4. The first-order valence-corrected chi connectivity index (χ1v) is 4.82. The van der Waals surface area contributed by atoms with Crippen molar-refractivity contribution in [2.45, 2.75) is 19.4 Å². The van der Waals surface area contributed by atoms with Crippen LogP contribution in [0.3, 0.4) is 0 Å². The topological polar surface area (TPSA) is 43.4 Å². The van der Waals surface area contributed by atoms with Gasteiger partial charge in [0.1, 0.15) is 5.75 Å². The van der Waals surface area contributed by atoms with Gasteiger partial charge in [0.25, 0.3) is 0 Å². The molecule has 0 saturated heterocycles. The van der Waals surface area contributed by atoms with Crippen molar-refractivity contribution in [3.05, 3.63) is 17.8 Å². The summed E-state index contributed by atoms with van der Waals surface area (Å²) in [7, 11) is 5.15. The molecule has 1 rings (SSSR count). The van der Waals surface area contributed by atoms with Crippen LogP contribution >= 0.6 is 0 Å². The molecule has 0 aliphatic carbocycles. The molecule has 0 bridgehead atoms. The van der Waals surface area contributed by atoms with Crippen molar-refractivity contribution >= 4 is 0 Å². The lowest BCUT2D eigenvalue weighted by Crippen LogP contribution is -2.33. The summed E-state index contributed by atoms with van der Waals surface area (Å²) in [6, 6.07) is 1.88. The highest BCUT2D eigenvalue weighted by Crippen LogP contribution is 2.30. The van der Waals surface area contributed by atoms with Crippen LogP contribution in [0.1, 0.15) is 19.4 Å². The lowest BCUT2D eigenvalue weighted by atomic mass is 9.94. The number of aromatic nitrogens is 1. The van der Waals surface area contributed by atoms with E-state index in [1.54, 1.807) is 20.4 Å². The van der Waals surface area contributed by atoms with E-state index in [-0.39, 0.29) is 5.54 Å². The van der Waals surface area contributed by atoms with E-state index in [1.165, 1.54) is 0 Å². The third-order valence-electron chi connectivity index (χ3n) is 2.57. The van der Waals surface area contributed by atoms with Crippen molar-refractivity contribution in [2.24, 2.45) is 0 Å². The second-order valence-electron chi connectivity index (χ2n) is 3.80. The van der Waals surface area contributed by atoms with Crippen molar-refractivity contribution in [3.8, 4) is 11.6 Å². The van der Waals surface area contributed by atoms with E-state index in [4.69, 9.17) is 9.47 Å². The van der Waals surface area contributed by atoms with Crippen LogP contribution in [-0.2, 0) is 5.54 Å². The Morgan fingerprint density at radius 3 is 2.40 bits per heavy atom. The lowest BCUT2D eigenvalue weighted by Gasteiger charge is -2.26. The molecule has 1 aromatic heterocycles. The van der Waals surface area contributed by atoms with Gasteiger partial charge in [-0.25, -0.2) is 4.98 Å². The van der Waals surface area contributed by atoms with Gasteiger partial charge in [0.2, 0.25) is 5.88 Å². The first-order valence-electron chi connectivity index (χ1n) is 4.82. The highest BCUT2D eigenvalue weighted by molar-refractivity contribution is 5.39. The standard InChI is InChI=1S/C11H18N2O2/c1-11(2,12-3)8-6-10(15-5)13-7-9(8)14-4/h6-7,12H,1-5H3. The zero-order chi connectivity index (χ0) is 11.5. The number of nitrogens with one attached hydrogen (secondary N) is 1. The predicted molar refractivity (Wildman–Crippen MR) is 59.4 cm³/mol. The van der Waals surface area contributed by atoms with Gasteiger partial charge >= 0.3 is 0 Å². The van der Waals surface area contributed by atoms with Crippen LogP contribution in [0.4, 0.5) is 0 Å². The van der Waals surface area contributed by atoms with Crippen molar-refractivity contribution in [1.29, 1.82) is 0 Å². The number of pyridine rings is 1.